The van der Waals surface area contributed by atoms with Crippen LogP contribution in [0.1, 0.15) is 11.1 Å². The van der Waals surface area contributed by atoms with Crippen molar-refractivity contribution in [2.24, 2.45) is 0 Å². The molecule has 0 spiro atoms. The van der Waals surface area contributed by atoms with Crippen LogP contribution in [0, 0.1) is 0 Å². The number of nitrogens with one attached hydrogen (secondary N) is 2. The van der Waals surface area contributed by atoms with Crippen molar-refractivity contribution in [3.63, 3.8) is 0 Å². The molecule has 1 atom stereocenters. The van der Waals surface area contributed by atoms with Crippen LogP contribution < -0.4 is 10.6 Å². The highest BCUT2D eigenvalue weighted by Crippen LogP contribution is 2.37. The van der Waals surface area contributed by atoms with E-state index in [1.54, 1.807) is 18.8 Å². The average molecular weight is 326 g/mol. The molecule has 2 aromatic rings. The number of carbonyl (C=O) groups is 2. The SMILES string of the molecule is CNC(=O)Cc1ccc(NC(=O)C2Cc3ccccc3S2)cc1. The normalized spacial score (nSPS) is 15.8. The van der Waals surface area contributed by atoms with E-state index in [1.165, 1.54) is 10.5 Å². The molecule has 118 valence electrons. The van der Waals surface area contributed by atoms with E-state index in [4.69, 9.17) is 0 Å². The second-order valence-electron chi connectivity index (χ2n) is 5.45. The number of likely N-dealkylation sites (N-methyl/N-ethyl adjacent to an activating group) is 1. The van der Waals surface area contributed by atoms with E-state index in [1.807, 2.05) is 36.4 Å². The molecule has 2 N–H and O–H groups in total. The van der Waals surface area contributed by atoms with E-state index in [0.29, 0.717) is 6.42 Å². The maximum atomic E-state index is 12.4. The van der Waals surface area contributed by atoms with Crippen LogP contribution in [0.15, 0.2) is 53.4 Å². The smallest absolute Gasteiger partial charge is 0.238 e. The Bertz CT molecular complexity index is 703. The van der Waals surface area contributed by atoms with Crippen molar-refractivity contribution in [1.82, 2.24) is 5.32 Å². The van der Waals surface area contributed by atoms with Crippen molar-refractivity contribution in [1.29, 1.82) is 0 Å². The number of benzene rings is 2. The molecule has 2 amide bonds. The summed E-state index contributed by atoms with van der Waals surface area (Å²) in [4.78, 5) is 24.9. The Kier molecular flexibility index (Phi) is 4.67. The molecule has 3 rings (SSSR count). The molecular weight excluding hydrogens is 308 g/mol. The molecule has 5 heteroatoms. The van der Waals surface area contributed by atoms with Gasteiger partial charge in [-0.05, 0) is 35.7 Å². The summed E-state index contributed by atoms with van der Waals surface area (Å²) in [6, 6.07) is 15.5. The van der Waals surface area contributed by atoms with Gasteiger partial charge in [-0.1, -0.05) is 30.3 Å². The van der Waals surface area contributed by atoms with Crippen molar-refractivity contribution < 1.29 is 9.59 Å². The highest BCUT2D eigenvalue weighted by molar-refractivity contribution is 8.01. The maximum Gasteiger partial charge on any atom is 0.238 e. The number of anilines is 1. The third kappa shape index (κ3) is 3.74. The quantitative estimate of drug-likeness (QED) is 0.908. The molecule has 1 aliphatic heterocycles. The van der Waals surface area contributed by atoms with Gasteiger partial charge >= 0.3 is 0 Å². The van der Waals surface area contributed by atoms with Gasteiger partial charge in [-0.2, -0.15) is 0 Å². The lowest BCUT2D eigenvalue weighted by Crippen LogP contribution is -2.24. The number of rotatable bonds is 4. The van der Waals surface area contributed by atoms with Crippen LogP contribution in [0.25, 0.3) is 0 Å². The van der Waals surface area contributed by atoms with Crippen LogP contribution >= 0.6 is 11.8 Å². The van der Waals surface area contributed by atoms with E-state index in [-0.39, 0.29) is 17.1 Å². The first kappa shape index (κ1) is 15.6. The summed E-state index contributed by atoms with van der Waals surface area (Å²) in [5.74, 6) is -0.00726. The van der Waals surface area contributed by atoms with E-state index < -0.39 is 0 Å². The maximum absolute atomic E-state index is 12.4. The molecule has 0 aromatic heterocycles. The zero-order chi connectivity index (χ0) is 16.2. The van der Waals surface area contributed by atoms with E-state index in [2.05, 4.69) is 22.8 Å². The van der Waals surface area contributed by atoms with Crippen LogP contribution in [0.2, 0.25) is 0 Å². The van der Waals surface area contributed by atoms with Crippen molar-refractivity contribution in [2.45, 2.75) is 23.0 Å². The van der Waals surface area contributed by atoms with Crippen molar-refractivity contribution in [3.8, 4) is 0 Å². The molecule has 0 radical (unpaired) electrons. The molecule has 0 saturated heterocycles. The van der Waals surface area contributed by atoms with Crippen molar-refractivity contribution in [3.05, 3.63) is 59.7 Å². The monoisotopic (exact) mass is 326 g/mol. The molecule has 1 heterocycles. The van der Waals surface area contributed by atoms with Gasteiger partial charge in [0, 0.05) is 17.6 Å². The van der Waals surface area contributed by atoms with Gasteiger partial charge in [0.25, 0.3) is 0 Å². The first-order chi connectivity index (χ1) is 11.2. The van der Waals surface area contributed by atoms with Gasteiger partial charge in [0.15, 0.2) is 0 Å². The van der Waals surface area contributed by atoms with Crippen LogP contribution in [0.5, 0.6) is 0 Å². The van der Waals surface area contributed by atoms with Gasteiger partial charge in [0.2, 0.25) is 11.8 Å². The molecule has 2 aromatic carbocycles. The third-order valence-electron chi connectivity index (χ3n) is 3.80. The molecule has 0 saturated carbocycles. The standard InChI is InChI=1S/C18H18N2O2S/c1-19-17(21)10-12-6-8-14(9-7-12)20-18(22)16-11-13-4-2-3-5-15(13)23-16/h2-9,16H,10-11H2,1H3,(H,19,21)(H,20,22). The summed E-state index contributed by atoms with van der Waals surface area (Å²) in [6.45, 7) is 0. The number of thioether (sulfide) groups is 1. The number of hydrogen-bond donors (Lipinski definition) is 2. The van der Waals surface area contributed by atoms with Gasteiger partial charge < -0.3 is 10.6 Å². The zero-order valence-electron chi connectivity index (χ0n) is 12.8. The summed E-state index contributed by atoms with van der Waals surface area (Å²) in [5, 5.41) is 5.46. The van der Waals surface area contributed by atoms with Gasteiger partial charge in [0.05, 0.1) is 11.7 Å². The zero-order valence-corrected chi connectivity index (χ0v) is 13.7. The number of fused-ring (bicyclic) bond motifs is 1. The summed E-state index contributed by atoms with van der Waals surface area (Å²) in [6.07, 6.45) is 1.11. The fourth-order valence-electron chi connectivity index (χ4n) is 2.53. The minimum Gasteiger partial charge on any atom is -0.359 e. The van der Waals surface area contributed by atoms with Gasteiger partial charge in [-0.15, -0.1) is 11.8 Å². The summed E-state index contributed by atoms with van der Waals surface area (Å²) < 4.78 is 0. The lowest BCUT2D eigenvalue weighted by molar-refractivity contribution is -0.120. The molecule has 23 heavy (non-hydrogen) atoms. The fourth-order valence-corrected chi connectivity index (χ4v) is 3.73. The van der Waals surface area contributed by atoms with Gasteiger partial charge in [0.1, 0.15) is 0 Å². The first-order valence-electron chi connectivity index (χ1n) is 7.50. The largest absolute Gasteiger partial charge is 0.359 e. The lowest BCUT2D eigenvalue weighted by Gasteiger charge is -2.10. The minimum absolute atomic E-state index is 0.0188. The van der Waals surface area contributed by atoms with Crippen molar-refractivity contribution in [2.75, 3.05) is 12.4 Å². The van der Waals surface area contributed by atoms with Gasteiger partial charge in [-0.25, -0.2) is 0 Å². The minimum atomic E-state index is -0.0852. The lowest BCUT2D eigenvalue weighted by atomic mass is 10.1. The van der Waals surface area contributed by atoms with E-state index in [9.17, 15) is 9.59 Å². The first-order valence-corrected chi connectivity index (χ1v) is 8.38. The average Bonchev–Trinajstić information content (AvgIpc) is 3.00. The Labute approximate surface area is 139 Å². The summed E-state index contributed by atoms with van der Waals surface area (Å²) in [7, 11) is 1.62. The van der Waals surface area contributed by atoms with Crippen LogP contribution in [0.3, 0.4) is 0 Å². The fraction of sp³-hybridized carbons (Fsp3) is 0.222. The molecule has 4 nitrogen and oxygen atoms in total. The van der Waals surface area contributed by atoms with E-state index in [0.717, 1.165) is 17.7 Å². The number of carbonyl (C=O) groups excluding carboxylic acids is 2. The van der Waals surface area contributed by atoms with Crippen LogP contribution in [-0.2, 0) is 22.4 Å². The Morgan fingerprint density at radius 1 is 1.13 bits per heavy atom. The second kappa shape index (κ2) is 6.87. The summed E-state index contributed by atoms with van der Waals surface area (Å²) in [5.41, 5.74) is 2.91. The topological polar surface area (TPSA) is 58.2 Å². The Hall–Kier alpha value is -2.27. The van der Waals surface area contributed by atoms with Gasteiger partial charge in [-0.3, -0.25) is 9.59 Å². The third-order valence-corrected chi connectivity index (χ3v) is 5.12. The molecular formula is C18H18N2O2S. The molecule has 0 aliphatic carbocycles. The molecule has 0 bridgehead atoms. The highest BCUT2D eigenvalue weighted by atomic mass is 32.2. The highest BCUT2D eigenvalue weighted by Gasteiger charge is 2.27. The molecule has 1 aliphatic rings. The van der Waals surface area contributed by atoms with Crippen LogP contribution in [0.4, 0.5) is 5.69 Å². The van der Waals surface area contributed by atoms with E-state index >= 15 is 0 Å². The Balaban J connectivity index is 1.60. The second-order valence-corrected chi connectivity index (χ2v) is 6.70. The molecule has 0 fully saturated rings. The number of amides is 2. The predicted molar refractivity (Wildman–Crippen MR) is 92.6 cm³/mol. The number of hydrogen-bond acceptors (Lipinski definition) is 3. The van der Waals surface area contributed by atoms with Crippen molar-refractivity contribution >= 4 is 29.3 Å². The Morgan fingerprint density at radius 3 is 2.57 bits per heavy atom. The Morgan fingerprint density at radius 2 is 1.87 bits per heavy atom. The predicted octanol–water partition coefficient (Wildman–Crippen LogP) is 2.63. The molecule has 1 unspecified atom stereocenters. The van der Waals surface area contributed by atoms with Crippen LogP contribution in [-0.4, -0.2) is 24.1 Å². The summed E-state index contributed by atoms with van der Waals surface area (Å²) >= 11 is 1.61.